The molecule has 94 valence electrons. The Morgan fingerprint density at radius 2 is 2.00 bits per heavy atom. The zero-order valence-corrected chi connectivity index (χ0v) is 12.5. The Bertz CT molecular complexity index is 581. The lowest BCUT2D eigenvalue weighted by Gasteiger charge is -2.19. The van der Waals surface area contributed by atoms with Gasteiger partial charge in [-0.05, 0) is 34.8 Å². The van der Waals surface area contributed by atoms with Gasteiger partial charge in [-0.15, -0.1) is 11.3 Å². The van der Waals surface area contributed by atoms with Crippen LogP contribution in [0.3, 0.4) is 0 Å². The molecule has 0 saturated heterocycles. The third kappa shape index (κ3) is 2.14. The summed E-state index contributed by atoms with van der Waals surface area (Å²) in [6, 6.07) is 6.11. The number of hydrogen-bond donors (Lipinski definition) is 0. The van der Waals surface area contributed by atoms with Gasteiger partial charge in [-0.25, -0.2) is 0 Å². The lowest BCUT2D eigenvalue weighted by Crippen LogP contribution is -2.17. The van der Waals surface area contributed by atoms with E-state index in [1.165, 1.54) is 24.0 Å². The normalized spacial score (nSPS) is 17.2. The molecule has 1 heterocycles. The minimum atomic E-state index is 0.260. The number of rotatable bonds is 2. The molecule has 1 fully saturated rings. The number of halogens is 1. The van der Waals surface area contributed by atoms with Crippen LogP contribution in [-0.4, -0.2) is 5.78 Å². The number of carbonyl (C=O) groups excluding carboxylic acids is 1. The molecule has 1 aromatic carbocycles. The van der Waals surface area contributed by atoms with Crippen molar-refractivity contribution >= 4 is 43.1 Å². The Morgan fingerprint density at radius 3 is 2.78 bits per heavy atom. The van der Waals surface area contributed by atoms with Gasteiger partial charge in [-0.2, -0.15) is 0 Å². The maximum absolute atomic E-state index is 12.6. The average molecular weight is 323 g/mol. The van der Waals surface area contributed by atoms with Crippen molar-refractivity contribution in [2.75, 3.05) is 0 Å². The molecule has 0 atom stereocenters. The maximum Gasteiger partial charge on any atom is 0.167 e. The highest BCUT2D eigenvalue weighted by molar-refractivity contribution is 9.10. The smallest absolute Gasteiger partial charge is 0.167 e. The van der Waals surface area contributed by atoms with Crippen LogP contribution in [0.15, 0.2) is 28.1 Å². The second kappa shape index (κ2) is 5.14. The quantitative estimate of drug-likeness (QED) is 0.674. The molecule has 0 aliphatic heterocycles. The van der Waals surface area contributed by atoms with E-state index < -0.39 is 0 Å². The summed E-state index contributed by atoms with van der Waals surface area (Å²) in [5.74, 6) is 0.620. The van der Waals surface area contributed by atoms with Crippen molar-refractivity contribution < 1.29 is 4.79 Å². The highest BCUT2D eigenvalue weighted by Crippen LogP contribution is 2.35. The number of benzene rings is 1. The fourth-order valence-corrected chi connectivity index (χ4v) is 4.41. The SMILES string of the molecule is O=C(c1csc2c(Br)cccc12)C1CCCCC1. The molecule has 0 N–H and O–H groups in total. The van der Waals surface area contributed by atoms with E-state index in [1.54, 1.807) is 11.3 Å². The van der Waals surface area contributed by atoms with Crippen molar-refractivity contribution in [2.45, 2.75) is 32.1 Å². The number of carbonyl (C=O) groups is 1. The zero-order valence-electron chi connectivity index (χ0n) is 10.1. The Kier molecular flexibility index (Phi) is 3.53. The molecule has 0 radical (unpaired) electrons. The van der Waals surface area contributed by atoms with Gasteiger partial charge in [0.1, 0.15) is 0 Å². The summed E-state index contributed by atoms with van der Waals surface area (Å²) in [6.45, 7) is 0. The van der Waals surface area contributed by atoms with Crippen molar-refractivity contribution in [2.24, 2.45) is 5.92 Å². The standard InChI is InChI=1S/C15H15BrOS/c16-13-8-4-7-11-12(9-18-15(11)13)14(17)10-5-2-1-3-6-10/h4,7-10H,1-3,5-6H2. The summed E-state index contributed by atoms with van der Waals surface area (Å²) in [7, 11) is 0. The maximum atomic E-state index is 12.6. The number of thiophene rings is 1. The molecule has 1 aliphatic rings. The third-order valence-electron chi connectivity index (χ3n) is 3.79. The van der Waals surface area contributed by atoms with Crippen molar-refractivity contribution in [3.63, 3.8) is 0 Å². The van der Waals surface area contributed by atoms with Crippen molar-refractivity contribution in [1.82, 2.24) is 0 Å². The zero-order chi connectivity index (χ0) is 12.5. The largest absolute Gasteiger partial charge is 0.294 e. The number of ketones is 1. The lowest BCUT2D eigenvalue weighted by molar-refractivity contribution is 0.0891. The van der Waals surface area contributed by atoms with E-state index >= 15 is 0 Å². The molecule has 3 heteroatoms. The van der Waals surface area contributed by atoms with E-state index in [-0.39, 0.29) is 5.92 Å². The molecular formula is C15H15BrOS. The summed E-state index contributed by atoms with van der Waals surface area (Å²) in [5.41, 5.74) is 0.934. The van der Waals surface area contributed by atoms with Gasteiger partial charge in [-0.3, -0.25) is 4.79 Å². The van der Waals surface area contributed by atoms with E-state index in [9.17, 15) is 4.79 Å². The number of Topliss-reactive ketones (excluding diaryl/α,β-unsaturated/α-hetero) is 1. The van der Waals surface area contributed by atoms with Crippen molar-refractivity contribution in [1.29, 1.82) is 0 Å². The van der Waals surface area contributed by atoms with Gasteiger partial charge >= 0.3 is 0 Å². The van der Waals surface area contributed by atoms with E-state index in [4.69, 9.17) is 0 Å². The third-order valence-corrected chi connectivity index (χ3v) is 5.75. The topological polar surface area (TPSA) is 17.1 Å². The summed E-state index contributed by atoms with van der Waals surface area (Å²) >= 11 is 5.22. The van der Waals surface area contributed by atoms with Crippen LogP contribution in [-0.2, 0) is 0 Å². The number of hydrogen-bond acceptors (Lipinski definition) is 2. The van der Waals surface area contributed by atoms with Gasteiger partial charge in [-0.1, -0.05) is 31.4 Å². The van der Waals surface area contributed by atoms with Crippen LogP contribution in [0.4, 0.5) is 0 Å². The highest BCUT2D eigenvalue weighted by atomic mass is 79.9. The monoisotopic (exact) mass is 322 g/mol. The minimum Gasteiger partial charge on any atom is -0.294 e. The Labute approximate surface area is 119 Å². The molecule has 2 aromatic rings. The molecule has 1 aliphatic carbocycles. The molecule has 1 aromatic heterocycles. The highest BCUT2D eigenvalue weighted by Gasteiger charge is 2.24. The molecule has 0 spiro atoms. The molecular weight excluding hydrogens is 308 g/mol. The average Bonchev–Trinajstić information content (AvgIpc) is 2.84. The second-order valence-corrected chi connectivity index (χ2v) is 6.70. The second-order valence-electron chi connectivity index (χ2n) is 4.97. The van der Waals surface area contributed by atoms with E-state index in [0.717, 1.165) is 28.3 Å². The van der Waals surface area contributed by atoms with Gasteiger partial charge in [0.2, 0.25) is 0 Å². The summed E-state index contributed by atoms with van der Waals surface area (Å²) < 4.78 is 2.28. The van der Waals surface area contributed by atoms with Gasteiger partial charge in [0, 0.05) is 31.4 Å². The van der Waals surface area contributed by atoms with E-state index in [2.05, 4.69) is 22.0 Å². The molecule has 1 saturated carbocycles. The fraction of sp³-hybridized carbons (Fsp3) is 0.400. The van der Waals surface area contributed by atoms with E-state index in [0.29, 0.717) is 5.78 Å². The molecule has 3 rings (SSSR count). The van der Waals surface area contributed by atoms with Gasteiger partial charge in [0.15, 0.2) is 5.78 Å². The first-order valence-electron chi connectivity index (χ1n) is 6.47. The first-order valence-corrected chi connectivity index (χ1v) is 8.14. The fourth-order valence-electron chi connectivity index (χ4n) is 2.80. The summed E-state index contributed by atoms with van der Waals surface area (Å²) in [5, 5.41) is 3.15. The van der Waals surface area contributed by atoms with Gasteiger partial charge < -0.3 is 0 Å². The van der Waals surface area contributed by atoms with Crippen LogP contribution in [0.5, 0.6) is 0 Å². The number of fused-ring (bicyclic) bond motifs is 1. The Morgan fingerprint density at radius 1 is 1.22 bits per heavy atom. The Hall–Kier alpha value is -0.670. The van der Waals surface area contributed by atoms with Gasteiger partial charge in [0.25, 0.3) is 0 Å². The van der Waals surface area contributed by atoms with Crippen LogP contribution in [0.1, 0.15) is 42.5 Å². The lowest BCUT2D eigenvalue weighted by atomic mass is 9.84. The molecule has 0 amide bonds. The minimum absolute atomic E-state index is 0.260. The summed E-state index contributed by atoms with van der Waals surface area (Å²) in [6.07, 6.45) is 5.86. The molecule has 0 unspecified atom stereocenters. The Balaban J connectivity index is 1.98. The predicted octanol–water partition coefficient (Wildman–Crippen LogP) is 5.43. The van der Waals surface area contributed by atoms with Crippen LogP contribution < -0.4 is 0 Å². The van der Waals surface area contributed by atoms with Crippen molar-refractivity contribution in [3.05, 3.63) is 33.6 Å². The molecule has 1 nitrogen and oxygen atoms in total. The van der Waals surface area contributed by atoms with E-state index in [1.807, 2.05) is 17.5 Å². The molecule has 0 bridgehead atoms. The van der Waals surface area contributed by atoms with Crippen LogP contribution in [0.2, 0.25) is 0 Å². The predicted molar refractivity (Wildman–Crippen MR) is 80.4 cm³/mol. The van der Waals surface area contributed by atoms with Gasteiger partial charge in [0.05, 0.1) is 0 Å². The van der Waals surface area contributed by atoms with Crippen LogP contribution in [0, 0.1) is 5.92 Å². The summed E-state index contributed by atoms with van der Waals surface area (Å²) in [4.78, 5) is 12.6. The van der Waals surface area contributed by atoms with Crippen LogP contribution >= 0.6 is 27.3 Å². The first kappa shape index (κ1) is 12.4. The molecule has 18 heavy (non-hydrogen) atoms. The van der Waals surface area contributed by atoms with Crippen LogP contribution in [0.25, 0.3) is 10.1 Å². The first-order chi connectivity index (χ1) is 8.77. The van der Waals surface area contributed by atoms with Crippen molar-refractivity contribution in [3.8, 4) is 0 Å².